The van der Waals surface area contributed by atoms with Gasteiger partial charge in [-0.25, -0.2) is 4.68 Å². The second-order valence-electron chi connectivity index (χ2n) is 6.64. The van der Waals surface area contributed by atoms with Crippen LogP contribution in [-0.4, -0.2) is 14.8 Å². The summed E-state index contributed by atoms with van der Waals surface area (Å²) in [5.74, 6) is 0. The molecule has 0 aliphatic heterocycles. The van der Waals surface area contributed by atoms with Crippen LogP contribution in [-0.2, 0) is 0 Å². The van der Waals surface area contributed by atoms with Crippen molar-refractivity contribution in [3.8, 4) is 16.9 Å². The van der Waals surface area contributed by atoms with Crippen LogP contribution in [0.3, 0.4) is 0 Å². The van der Waals surface area contributed by atoms with E-state index in [0.29, 0.717) is 0 Å². The number of aromatic nitrogens is 3. The molecule has 0 fully saturated rings. The Bertz CT molecular complexity index is 1270. The van der Waals surface area contributed by atoms with Crippen molar-refractivity contribution < 1.29 is 0 Å². The van der Waals surface area contributed by atoms with Crippen LogP contribution in [0.25, 0.3) is 38.8 Å². The molecule has 0 aliphatic carbocycles. The third kappa shape index (κ3) is 2.73. The van der Waals surface area contributed by atoms with Crippen molar-refractivity contribution in [1.29, 1.82) is 0 Å². The Morgan fingerprint density at radius 2 is 1.63 bits per heavy atom. The van der Waals surface area contributed by atoms with Crippen LogP contribution in [0.4, 0.5) is 0 Å². The van der Waals surface area contributed by atoms with Crippen molar-refractivity contribution >= 4 is 37.7 Å². The van der Waals surface area contributed by atoms with E-state index in [-0.39, 0.29) is 0 Å². The quantitative estimate of drug-likeness (QED) is 0.339. The van der Waals surface area contributed by atoms with Crippen LogP contribution in [0.5, 0.6) is 0 Å². The molecule has 2 aromatic heterocycles. The molecule has 0 saturated heterocycles. The van der Waals surface area contributed by atoms with E-state index in [1.165, 1.54) is 5.56 Å². The number of fused-ring (bicyclic) bond motifs is 3. The maximum atomic E-state index is 4.99. The molecule has 0 radical (unpaired) electrons. The van der Waals surface area contributed by atoms with Gasteiger partial charge in [0.05, 0.1) is 16.7 Å². The number of aryl methyl sites for hydroxylation is 1. The van der Waals surface area contributed by atoms with Gasteiger partial charge in [-0.2, -0.15) is 5.10 Å². The largest absolute Gasteiger partial charge is 0.255 e. The summed E-state index contributed by atoms with van der Waals surface area (Å²) in [6, 6.07) is 24.9. The van der Waals surface area contributed by atoms with Gasteiger partial charge in [0.2, 0.25) is 0 Å². The molecular formula is C23H16BrN3. The van der Waals surface area contributed by atoms with Crippen molar-refractivity contribution in [3.63, 3.8) is 0 Å². The summed E-state index contributed by atoms with van der Waals surface area (Å²) < 4.78 is 3.08. The number of rotatable bonds is 2. The molecule has 0 N–H and O–H groups in total. The van der Waals surface area contributed by atoms with Crippen LogP contribution in [0.1, 0.15) is 5.56 Å². The lowest BCUT2D eigenvalue weighted by Gasteiger charge is -2.06. The molecule has 0 atom stereocenters. The topological polar surface area (TPSA) is 30.7 Å². The second kappa shape index (κ2) is 6.32. The molecule has 0 bridgehead atoms. The second-order valence-corrected chi connectivity index (χ2v) is 7.56. The highest BCUT2D eigenvalue weighted by Crippen LogP contribution is 2.34. The van der Waals surface area contributed by atoms with Gasteiger partial charge in [0.15, 0.2) is 0 Å². The number of benzene rings is 3. The van der Waals surface area contributed by atoms with Crippen LogP contribution in [0.2, 0.25) is 0 Å². The van der Waals surface area contributed by atoms with Crippen molar-refractivity contribution in [2.24, 2.45) is 0 Å². The van der Waals surface area contributed by atoms with E-state index in [4.69, 9.17) is 10.1 Å². The predicted octanol–water partition coefficient (Wildman–Crippen LogP) is 6.31. The normalized spacial score (nSPS) is 11.3. The number of nitrogens with zero attached hydrogens (tertiary/aromatic N) is 3. The molecule has 130 valence electrons. The molecule has 0 saturated carbocycles. The molecule has 0 aliphatic rings. The fraction of sp³-hybridized carbons (Fsp3) is 0.0435. The standard InChI is InChI=1S/C23H16BrN3/c1-15-7-12-19-21(13-15)25-14-20-22(16-5-3-2-4-6-16)26-27(23(19)20)18-10-8-17(24)9-11-18/h2-14H,1H3. The van der Waals surface area contributed by atoms with Gasteiger partial charge in [-0.15, -0.1) is 0 Å². The molecule has 5 rings (SSSR count). The monoisotopic (exact) mass is 413 g/mol. The summed E-state index contributed by atoms with van der Waals surface area (Å²) in [5.41, 5.74) is 6.34. The lowest BCUT2D eigenvalue weighted by Crippen LogP contribution is -1.97. The maximum absolute atomic E-state index is 4.99. The van der Waals surface area contributed by atoms with Gasteiger partial charge in [-0.05, 0) is 42.8 Å². The van der Waals surface area contributed by atoms with E-state index in [9.17, 15) is 0 Å². The fourth-order valence-corrected chi connectivity index (χ4v) is 3.74. The van der Waals surface area contributed by atoms with Crippen LogP contribution in [0, 0.1) is 6.92 Å². The van der Waals surface area contributed by atoms with E-state index >= 15 is 0 Å². The van der Waals surface area contributed by atoms with Crippen molar-refractivity contribution in [3.05, 3.63) is 89.0 Å². The zero-order valence-corrected chi connectivity index (χ0v) is 16.3. The van der Waals surface area contributed by atoms with Gasteiger partial charge < -0.3 is 0 Å². The Kier molecular flexibility index (Phi) is 3.80. The fourth-order valence-electron chi connectivity index (χ4n) is 3.47. The van der Waals surface area contributed by atoms with Gasteiger partial charge >= 0.3 is 0 Å². The van der Waals surface area contributed by atoms with Crippen LogP contribution in [0.15, 0.2) is 83.5 Å². The molecule has 4 heteroatoms. The number of pyridine rings is 1. The lowest BCUT2D eigenvalue weighted by atomic mass is 10.1. The summed E-state index contributed by atoms with van der Waals surface area (Å²) in [6.45, 7) is 2.09. The van der Waals surface area contributed by atoms with Crippen LogP contribution < -0.4 is 0 Å². The zero-order chi connectivity index (χ0) is 18.4. The SMILES string of the molecule is Cc1ccc2c(c1)ncc1c(-c3ccccc3)nn(-c3ccc(Br)cc3)c12. The Balaban J connectivity index is 1.90. The Morgan fingerprint density at radius 1 is 0.852 bits per heavy atom. The minimum absolute atomic E-state index is 0.948. The first-order chi connectivity index (χ1) is 13.2. The van der Waals surface area contributed by atoms with Gasteiger partial charge in [0.25, 0.3) is 0 Å². The van der Waals surface area contributed by atoms with E-state index in [1.54, 1.807) is 0 Å². The van der Waals surface area contributed by atoms with Gasteiger partial charge in [-0.1, -0.05) is 58.4 Å². The third-order valence-electron chi connectivity index (χ3n) is 4.78. The van der Waals surface area contributed by atoms with Gasteiger partial charge in [0, 0.05) is 27.0 Å². The van der Waals surface area contributed by atoms with E-state index in [1.807, 2.05) is 41.2 Å². The highest BCUT2D eigenvalue weighted by atomic mass is 79.9. The predicted molar refractivity (Wildman–Crippen MR) is 114 cm³/mol. The third-order valence-corrected chi connectivity index (χ3v) is 5.31. The van der Waals surface area contributed by atoms with E-state index in [2.05, 4.69) is 65.3 Å². The van der Waals surface area contributed by atoms with Crippen molar-refractivity contribution in [2.45, 2.75) is 6.92 Å². The number of hydrogen-bond donors (Lipinski definition) is 0. The summed E-state index contributed by atoms with van der Waals surface area (Å²) >= 11 is 3.52. The summed E-state index contributed by atoms with van der Waals surface area (Å²) in [7, 11) is 0. The highest BCUT2D eigenvalue weighted by molar-refractivity contribution is 9.10. The molecule has 0 unspecified atom stereocenters. The van der Waals surface area contributed by atoms with Crippen molar-refractivity contribution in [1.82, 2.24) is 14.8 Å². The maximum Gasteiger partial charge on any atom is 0.102 e. The first-order valence-electron chi connectivity index (χ1n) is 8.80. The average Bonchev–Trinajstić information content (AvgIpc) is 3.09. The smallest absolute Gasteiger partial charge is 0.102 e. The van der Waals surface area contributed by atoms with Crippen LogP contribution >= 0.6 is 15.9 Å². The first kappa shape index (κ1) is 16.2. The van der Waals surface area contributed by atoms with E-state index < -0.39 is 0 Å². The Morgan fingerprint density at radius 3 is 2.41 bits per heavy atom. The summed E-state index contributed by atoms with van der Waals surface area (Å²) in [4.78, 5) is 4.72. The Labute approximate surface area is 165 Å². The number of hydrogen-bond acceptors (Lipinski definition) is 2. The highest BCUT2D eigenvalue weighted by Gasteiger charge is 2.17. The average molecular weight is 414 g/mol. The Hall–Kier alpha value is -2.98. The van der Waals surface area contributed by atoms with Gasteiger partial charge in [0.1, 0.15) is 5.69 Å². The van der Waals surface area contributed by atoms with Gasteiger partial charge in [-0.3, -0.25) is 4.98 Å². The molecule has 2 heterocycles. The first-order valence-corrected chi connectivity index (χ1v) is 9.59. The molecule has 3 nitrogen and oxygen atoms in total. The molecule has 3 aromatic carbocycles. The van der Waals surface area contributed by atoms with E-state index in [0.717, 1.165) is 43.2 Å². The lowest BCUT2D eigenvalue weighted by molar-refractivity contribution is 0.917. The summed E-state index contributed by atoms with van der Waals surface area (Å²) in [5, 5.41) is 7.16. The minimum atomic E-state index is 0.948. The molecular weight excluding hydrogens is 398 g/mol. The summed E-state index contributed by atoms with van der Waals surface area (Å²) in [6.07, 6.45) is 1.95. The zero-order valence-electron chi connectivity index (χ0n) is 14.7. The molecule has 27 heavy (non-hydrogen) atoms. The molecule has 0 amide bonds. The molecule has 5 aromatic rings. The van der Waals surface area contributed by atoms with Crippen molar-refractivity contribution in [2.75, 3.05) is 0 Å². The minimum Gasteiger partial charge on any atom is -0.255 e. The number of halogens is 1. The molecule has 0 spiro atoms.